The first-order valence-electron chi connectivity index (χ1n) is 6.92. The molecule has 0 unspecified atom stereocenters. The lowest BCUT2D eigenvalue weighted by Gasteiger charge is -2.10. The predicted octanol–water partition coefficient (Wildman–Crippen LogP) is 3.08. The maximum absolute atomic E-state index is 12.5. The highest BCUT2D eigenvalue weighted by atomic mass is 35.5. The first-order chi connectivity index (χ1) is 10.1. The Labute approximate surface area is 132 Å². The molecule has 0 bridgehead atoms. The summed E-state index contributed by atoms with van der Waals surface area (Å²) in [5.41, 5.74) is 0.327. The van der Waals surface area contributed by atoms with Crippen molar-refractivity contribution in [3.8, 4) is 11.4 Å². The maximum Gasteiger partial charge on any atom is 0.350 e. The second-order valence-electron chi connectivity index (χ2n) is 4.89. The van der Waals surface area contributed by atoms with E-state index >= 15 is 0 Å². The number of hydrogen-bond donors (Lipinski definition) is 0. The zero-order valence-corrected chi connectivity index (χ0v) is 13.1. The van der Waals surface area contributed by atoms with E-state index in [-0.39, 0.29) is 5.69 Å². The zero-order valence-electron chi connectivity index (χ0n) is 11.6. The highest BCUT2D eigenvalue weighted by molar-refractivity contribution is 6.36. The van der Waals surface area contributed by atoms with Crippen molar-refractivity contribution >= 4 is 23.2 Å². The highest BCUT2D eigenvalue weighted by Crippen LogP contribution is 2.32. The highest BCUT2D eigenvalue weighted by Gasteiger charge is 2.20. The van der Waals surface area contributed by atoms with Gasteiger partial charge in [-0.05, 0) is 25.8 Å². The smallest absolute Gasteiger partial charge is 0.350 e. The topological polar surface area (TPSA) is 49.0 Å². The number of aromatic nitrogens is 3. The van der Waals surface area contributed by atoms with E-state index in [1.807, 2.05) is 6.92 Å². The molecule has 0 amide bonds. The Balaban J connectivity index is 2.14. The summed E-state index contributed by atoms with van der Waals surface area (Å²) in [6.45, 7) is 3.05. The van der Waals surface area contributed by atoms with E-state index in [1.165, 1.54) is 4.68 Å². The van der Waals surface area contributed by atoms with Gasteiger partial charge in [-0.2, -0.15) is 4.68 Å². The molecule has 2 heterocycles. The summed E-state index contributed by atoms with van der Waals surface area (Å²) in [7, 11) is 0. The van der Waals surface area contributed by atoms with Gasteiger partial charge in [-0.3, -0.25) is 4.57 Å². The Bertz CT molecular complexity index is 737. The quantitative estimate of drug-likeness (QED) is 0.870. The molecule has 0 saturated heterocycles. The zero-order chi connectivity index (χ0) is 15.0. The van der Waals surface area contributed by atoms with Crippen molar-refractivity contribution in [2.24, 2.45) is 0 Å². The van der Waals surface area contributed by atoms with E-state index in [4.69, 9.17) is 27.9 Å². The van der Waals surface area contributed by atoms with Crippen LogP contribution in [0.3, 0.4) is 0 Å². The molecule has 0 fully saturated rings. The fraction of sp³-hybridized carbons (Fsp3) is 0.429. The summed E-state index contributed by atoms with van der Waals surface area (Å²) in [4.78, 5) is 12.5. The number of ether oxygens (including phenoxy) is 1. The lowest BCUT2D eigenvalue weighted by Crippen LogP contribution is -2.26. The first kappa shape index (κ1) is 14.5. The van der Waals surface area contributed by atoms with E-state index in [0.717, 1.165) is 25.1 Å². The fourth-order valence-electron chi connectivity index (χ4n) is 2.50. The van der Waals surface area contributed by atoms with Gasteiger partial charge >= 0.3 is 5.69 Å². The number of aryl methyl sites for hydroxylation is 1. The first-order valence-corrected chi connectivity index (χ1v) is 7.68. The summed E-state index contributed by atoms with van der Waals surface area (Å²) < 4.78 is 8.49. The average Bonchev–Trinajstić information content (AvgIpc) is 2.80. The lowest BCUT2D eigenvalue weighted by atomic mass is 10.2. The maximum atomic E-state index is 12.5. The normalized spacial score (nSPS) is 14.0. The van der Waals surface area contributed by atoms with Crippen molar-refractivity contribution < 1.29 is 4.74 Å². The van der Waals surface area contributed by atoms with Crippen LogP contribution >= 0.6 is 23.2 Å². The van der Waals surface area contributed by atoms with Crippen LogP contribution in [0, 0.1) is 0 Å². The molecule has 0 radical (unpaired) electrons. The number of rotatable bonds is 3. The van der Waals surface area contributed by atoms with Crippen molar-refractivity contribution in [3.63, 3.8) is 0 Å². The third kappa shape index (κ3) is 2.56. The molecular weight excluding hydrogens is 313 g/mol. The standard InChI is InChI=1S/C14H15Cl2N3O2/c1-2-21-12-8-11(9(15)7-10(12)16)19-14(20)18-6-4-3-5-13(18)17-19/h7-8H,2-6H2,1H3. The van der Waals surface area contributed by atoms with Gasteiger partial charge in [0.1, 0.15) is 11.6 Å². The van der Waals surface area contributed by atoms with Gasteiger partial charge in [-0.25, -0.2) is 4.79 Å². The van der Waals surface area contributed by atoms with Crippen LogP contribution in [0.2, 0.25) is 10.0 Å². The number of halogens is 2. The molecule has 112 valence electrons. The van der Waals surface area contributed by atoms with Crippen LogP contribution in [-0.2, 0) is 13.0 Å². The van der Waals surface area contributed by atoms with Gasteiger partial charge in [0.05, 0.1) is 22.3 Å². The Morgan fingerprint density at radius 2 is 2.10 bits per heavy atom. The molecule has 0 spiro atoms. The van der Waals surface area contributed by atoms with Gasteiger partial charge in [0.15, 0.2) is 0 Å². The molecule has 0 N–H and O–H groups in total. The second-order valence-corrected chi connectivity index (χ2v) is 5.70. The van der Waals surface area contributed by atoms with E-state index in [9.17, 15) is 4.79 Å². The van der Waals surface area contributed by atoms with E-state index in [0.29, 0.717) is 34.6 Å². The van der Waals surface area contributed by atoms with Crippen molar-refractivity contribution in [3.05, 3.63) is 38.5 Å². The fourth-order valence-corrected chi connectivity index (χ4v) is 3.02. The molecule has 7 heteroatoms. The molecule has 0 aliphatic carbocycles. The molecule has 5 nitrogen and oxygen atoms in total. The Morgan fingerprint density at radius 1 is 1.29 bits per heavy atom. The van der Waals surface area contributed by atoms with Gasteiger partial charge in [-0.15, -0.1) is 5.10 Å². The SMILES string of the molecule is CCOc1cc(-n2nc3n(c2=O)CCCC3)c(Cl)cc1Cl. The van der Waals surface area contributed by atoms with Gasteiger partial charge in [0.25, 0.3) is 0 Å². The predicted molar refractivity (Wildman–Crippen MR) is 82.0 cm³/mol. The summed E-state index contributed by atoms with van der Waals surface area (Å²) in [5.74, 6) is 1.30. The third-order valence-electron chi connectivity index (χ3n) is 3.50. The van der Waals surface area contributed by atoms with Crippen molar-refractivity contribution in [2.75, 3.05) is 6.61 Å². The molecule has 1 aromatic carbocycles. The molecule has 1 aromatic heterocycles. The molecule has 0 saturated carbocycles. The molecule has 1 aliphatic heterocycles. The second kappa shape index (κ2) is 5.73. The van der Waals surface area contributed by atoms with Crippen LogP contribution in [0.15, 0.2) is 16.9 Å². The van der Waals surface area contributed by atoms with Gasteiger partial charge in [-0.1, -0.05) is 23.2 Å². The number of nitrogens with zero attached hydrogens (tertiary/aromatic N) is 3. The Kier molecular flexibility index (Phi) is 3.95. The van der Waals surface area contributed by atoms with Gasteiger partial charge in [0.2, 0.25) is 0 Å². The van der Waals surface area contributed by atoms with E-state index in [1.54, 1.807) is 16.7 Å². The minimum Gasteiger partial charge on any atom is -0.492 e. The minimum absolute atomic E-state index is 0.170. The number of benzene rings is 1. The number of fused-ring (bicyclic) bond motifs is 1. The molecule has 1 aliphatic rings. The summed E-state index contributed by atoms with van der Waals surface area (Å²) in [5, 5.41) is 5.19. The van der Waals surface area contributed by atoms with Crippen LogP contribution in [0.4, 0.5) is 0 Å². The van der Waals surface area contributed by atoms with Crippen LogP contribution < -0.4 is 10.4 Å². The summed E-state index contributed by atoms with van der Waals surface area (Å²) in [6, 6.07) is 3.24. The van der Waals surface area contributed by atoms with Crippen LogP contribution in [0.25, 0.3) is 5.69 Å². The Hall–Kier alpha value is -1.46. The summed E-state index contributed by atoms with van der Waals surface area (Å²) in [6.07, 6.45) is 2.86. The third-order valence-corrected chi connectivity index (χ3v) is 4.10. The van der Waals surface area contributed by atoms with Gasteiger partial charge in [0, 0.05) is 19.0 Å². The van der Waals surface area contributed by atoms with E-state index in [2.05, 4.69) is 5.10 Å². The largest absolute Gasteiger partial charge is 0.492 e. The molecule has 2 aromatic rings. The molecular formula is C14H15Cl2N3O2. The molecule has 3 rings (SSSR count). The minimum atomic E-state index is -0.170. The number of hydrogen-bond acceptors (Lipinski definition) is 3. The molecule has 0 atom stereocenters. The summed E-state index contributed by atoms with van der Waals surface area (Å²) >= 11 is 12.3. The average molecular weight is 328 g/mol. The van der Waals surface area contributed by atoms with Crippen molar-refractivity contribution in [2.45, 2.75) is 32.7 Å². The Morgan fingerprint density at radius 3 is 2.81 bits per heavy atom. The monoisotopic (exact) mass is 327 g/mol. The van der Waals surface area contributed by atoms with Gasteiger partial charge < -0.3 is 4.74 Å². The van der Waals surface area contributed by atoms with Crippen molar-refractivity contribution in [1.29, 1.82) is 0 Å². The van der Waals surface area contributed by atoms with E-state index < -0.39 is 0 Å². The van der Waals surface area contributed by atoms with Crippen LogP contribution in [-0.4, -0.2) is 21.0 Å². The van der Waals surface area contributed by atoms with Crippen molar-refractivity contribution in [1.82, 2.24) is 14.3 Å². The lowest BCUT2D eigenvalue weighted by molar-refractivity contribution is 0.340. The molecule has 21 heavy (non-hydrogen) atoms. The van der Waals surface area contributed by atoms with Crippen LogP contribution in [0.5, 0.6) is 5.75 Å². The van der Waals surface area contributed by atoms with Crippen LogP contribution in [0.1, 0.15) is 25.6 Å².